The van der Waals surface area contributed by atoms with Crippen LogP contribution in [0.25, 0.3) is 11.1 Å². The summed E-state index contributed by atoms with van der Waals surface area (Å²) in [6.07, 6.45) is 0. The van der Waals surface area contributed by atoms with Crippen LogP contribution in [0.15, 0.2) is 27.4 Å². The minimum Gasteiger partial charge on any atom is -0.408 e. The number of halogens is 1. The minimum atomic E-state index is -0.584. The second-order valence-corrected chi connectivity index (χ2v) is 3.89. The van der Waals surface area contributed by atoms with Crippen molar-refractivity contribution in [2.75, 3.05) is 5.32 Å². The van der Waals surface area contributed by atoms with Crippen molar-refractivity contribution in [3.05, 3.63) is 28.7 Å². The lowest BCUT2D eigenvalue weighted by Gasteiger charge is -2.07. The van der Waals surface area contributed by atoms with Gasteiger partial charge in [0.2, 0.25) is 5.91 Å². The molecule has 18 heavy (non-hydrogen) atoms. The molecule has 0 unspecified atom stereocenters. The van der Waals surface area contributed by atoms with Gasteiger partial charge in [0.15, 0.2) is 5.58 Å². The van der Waals surface area contributed by atoms with Gasteiger partial charge in [-0.2, -0.15) is 0 Å². The first-order valence-electron chi connectivity index (χ1n) is 5.15. The molecule has 1 atom stereocenters. The second kappa shape index (κ2) is 5.24. The van der Waals surface area contributed by atoms with E-state index in [2.05, 4.69) is 5.32 Å². The molecule has 0 bridgehead atoms. The largest absolute Gasteiger partial charge is 0.419 e. The number of oxazole rings is 1. The van der Waals surface area contributed by atoms with Gasteiger partial charge < -0.3 is 15.5 Å². The molecule has 0 spiro atoms. The van der Waals surface area contributed by atoms with E-state index in [-0.39, 0.29) is 18.3 Å². The normalized spacial score (nSPS) is 11.9. The number of carbonyl (C=O) groups excluding carboxylic acids is 1. The molecule has 1 aromatic heterocycles. The average Bonchev–Trinajstić information content (AvgIpc) is 2.55. The molecule has 2 aromatic rings. The third kappa shape index (κ3) is 2.55. The zero-order valence-electron chi connectivity index (χ0n) is 9.97. The fraction of sp³-hybridized carbons (Fsp3) is 0.273. The van der Waals surface area contributed by atoms with Gasteiger partial charge in [0.1, 0.15) is 0 Å². The third-order valence-corrected chi connectivity index (χ3v) is 2.47. The van der Waals surface area contributed by atoms with E-state index in [9.17, 15) is 9.59 Å². The van der Waals surface area contributed by atoms with Gasteiger partial charge in [0, 0.05) is 12.7 Å². The number of amides is 1. The summed E-state index contributed by atoms with van der Waals surface area (Å²) < 4.78 is 6.35. The van der Waals surface area contributed by atoms with Crippen molar-refractivity contribution in [3.8, 4) is 0 Å². The summed E-state index contributed by atoms with van der Waals surface area (Å²) in [6, 6.07) is 4.37. The number of fused-ring (bicyclic) bond motifs is 1. The SMILES string of the molecule is C[C@H](N)C(=O)Nc1ccc2oc(=O)n(C)c2c1.Cl. The average molecular weight is 272 g/mol. The van der Waals surface area contributed by atoms with E-state index in [4.69, 9.17) is 10.2 Å². The standard InChI is InChI=1S/C11H13N3O3.ClH/c1-6(12)10(15)13-7-3-4-9-8(5-7)14(2)11(16)17-9;/h3-6H,12H2,1-2H3,(H,13,15);1H/t6-;/m0./s1. The van der Waals surface area contributed by atoms with Crippen molar-refractivity contribution in [1.82, 2.24) is 4.57 Å². The van der Waals surface area contributed by atoms with Crippen LogP contribution >= 0.6 is 12.4 Å². The molecule has 1 aromatic carbocycles. The zero-order valence-corrected chi connectivity index (χ0v) is 10.8. The molecule has 7 heteroatoms. The Labute approximate surface area is 109 Å². The number of carbonyl (C=O) groups is 1. The summed E-state index contributed by atoms with van der Waals surface area (Å²) in [5.41, 5.74) is 7.13. The summed E-state index contributed by atoms with van der Waals surface area (Å²) >= 11 is 0. The van der Waals surface area contributed by atoms with Gasteiger partial charge in [0.05, 0.1) is 11.6 Å². The first-order valence-corrected chi connectivity index (χ1v) is 5.15. The Hall–Kier alpha value is -1.79. The maximum absolute atomic E-state index is 11.4. The minimum absolute atomic E-state index is 0. The van der Waals surface area contributed by atoms with Crippen molar-refractivity contribution in [2.24, 2.45) is 12.8 Å². The Kier molecular flexibility index (Phi) is 4.15. The van der Waals surface area contributed by atoms with Gasteiger partial charge in [-0.25, -0.2) is 4.79 Å². The first-order chi connectivity index (χ1) is 7.99. The Morgan fingerprint density at radius 2 is 2.17 bits per heavy atom. The number of rotatable bonds is 2. The quantitative estimate of drug-likeness (QED) is 0.847. The van der Waals surface area contributed by atoms with E-state index in [1.54, 1.807) is 32.2 Å². The summed E-state index contributed by atoms with van der Waals surface area (Å²) in [5, 5.41) is 2.65. The summed E-state index contributed by atoms with van der Waals surface area (Å²) in [6.45, 7) is 1.60. The lowest BCUT2D eigenvalue weighted by molar-refractivity contribution is -0.117. The van der Waals surface area contributed by atoms with Crippen LogP contribution < -0.4 is 16.8 Å². The van der Waals surface area contributed by atoms with E-state index in [1.165, 1.54) is 4.57 Å². The molecule has 98 valence electrons. The van der Waals surface area contributed by atoms with Crippen molar-refractivity contribution in [1.29, 1.82) is 0 Å². The number of nitrogens with one attached hydrogen (secondary N) is 1. The Morgan fingerprint density at radius 1 is 1.50 bits per heavy atom. The summed E-state index contributed by atoms with van der Waals surface area (Å²) in [7, 11) is 1.60. The van der Waals surface area contributed by atoms with Crippen LogP contribution in [-0.2, 0) is 11.8 Å². The number of hydrogen-bond donors (Lipinski definition) is 2. The highest BCUT2D eigenvalue weighted by Gasteiger charge is 2.10. The topological polar surface area (TPSA) is 90.3 Å². The second-order valence-electron chi connectivity index (χ2n) is 3.89. The van der Waals surface area contributed by atoms with Gasteiger partial charge in [-0.15, -0.1) is 12.4 Å². The molecular weight excluding hydrogens is 258 g/mol. The van der Waals surface area contributed by atoms with Gasteiger partial charge in [-0.3, -0.25) is 9.36 Å². The lowest BCUT2D eigenvalue weighted by atomic mass is 10.2. The van der Waals surface area contributed by atoms with Crippen molar-refractivity contribution >= 4 is 35.1 Å². The summed E-state index contributed by atoms with van der Waals surface area (Å²) in [4.78, 5) is 22.7. The fourth-order valence-electron chi connectivity index (χ4n) is 1.46. The number of hydrogen-bond acceptors (Lipinski definition) is 4. The molecule has 1 heterocycles. The molecule has 0 saturated carbocycles. The van der Waals surface area contributed by atoms with E-state index in [0.29, 0.717) is 16.8 Å². The van der Waals surface area contributed by atoms with Gasteiger partial charge in [-0.05, 0) is 25.1 Å². The zero-order chi connectivity index (χ0) is 12.6. The van der Waals surface area contributed by atoms with Crippen LogP contribution in [0.3, 0.4) is 0 Å². The molecule has 0 aliphatic heterocycles. The molecule has 0 aliphatic rings. The van der Waals surface area contributed by atoms with E-state index in [1.807, 2.05) is 0 Å². The third-order valence-electron chi connectivity index (χ3n) is 2.47. The van der Waals surface area contributed by atoms with Crippen molar-refractivity contribution in [3.63, 3.8) is 0 Å². The molecule has 0 aliphatic carbocycles. The molecule has 1 amide bonds. The number of benzene rings is 1. The summed E-state index contributed by atoms with van der Waals surface area (Å²) in [5.74, 6) is -0.714. The molecule has 0 radical (unpaired) electrons. The smallest absolute Gasteiger partial charge is 0.408 e. The van der Waals surface area contributed by atoms with Crippen LogP contribution in [0, 0.1) is 0 Å². The van der Waals surface area contributed by atoms with Crippen LogP contribution in [0.4, 0.5) is 5.69 Å². The van der Waals surface area contributed by atoms with E-state index < -0.39 is 11.8 Å². The molecular formula is C11H14ClN3O3. The molecule has 0 saturated heterocycles. The highest BCUT2D eigenvalue weighted by atomic mass is 35.5. The highest BCUT2D eigenvalue weighted by molar-refractivity contribution is 5.95. The Balaban J connectivity index is 0.00000162. The number of nitrogens with zero attached hydrogens (tertiary/aromatic N) is 1. The number of anilines is 1. The van der Waals surface area contributed by atoms with Gasteiger partial charge in [0.25, 0.3) is 0 Å². The first kappa shape index (κ1) is 14.3. The molecule has 6 nitrogen and oxygen atoms in total. The van der Waals surface area contributed by atoms with Crippen LogP contribution in [0.1, 0.15) is 6.92 Å². The Morgan fingerprint density at radius 3 is 2.78 bits per heavy atom. The lowest BCUT2D eigenvalue weighted by Crippen LogP contribution is -2.32. The van der Waals surface area contributed by atoms with Crippen LogP contribution in [0.2, 0.25) is 0 Å². The van der Waals surface area contributed by atoms with Gasteiger partial charge >= 0.3 is 5.76 Å². The van der Waals surface area contributed by atoms with Crippen molar-refractivity contribution < 1.29 is 9.21 Å². The van der Waals surface area contributed by atoms with Crippen LogP contribution in [0.5, 0.6) is 0 Å². The van der Waals surface area contributed by atoms with E-state index >= 15 is 0 Å². The Bertz CT molecular complexity index is 630. The highest BCUT2D eigenvalue weighted by Crippen LogP contribution is 2.17. The van der Waals surface area contributed by atoms with Crippen LogP contribution in [-0.4, -0.2) is 16.5 Å². The monoisotopic (exact) mass is 271 g/mol. The molecule has 2 rings (SSSR count). The maximum Gasteiger partial charge on any atom is 0.419 e. The van der Waals surface area contributed by atoms with E-state index in [0.717, 1.165) is 0 Å². The van der Waals surface area contributed by atoms with Gasteiger partial charge in [-0.1, -0.05) is 0 Å². The number of aromatic nitrogens is 1. The predicted molar refractivity (Wildman–Crippen MR) is 71.0 cm³/mol. The number of nitrogens with two attached hydrogens (primary N) is 1. The fourth-order valence-corrected chi connectivity index (χ4v) is 1.46. The van der Waals surface area contributed by atoms with Crippen molar-refractivity contribution in [2.45, 2.75) is 13.0 Å². The maximum atomic E-state index is 11.4. The molecule has 0 fully saturated rings. The molecule has 3 N–H and O–H groups in total. The predicted octanol–water partition coefficient (Wildman–Crippen LogP) is 0.839. The number of aryl methyl sites for hydroxylation is 1.